The number of hydrogen-bond acceptors (Lipinski definition) is 5. The van der Waals surface area contributed by atoms with Crippen molar-refractivity contribution in [1.82, 2.24) is 14.8 Å². The van der Waals surface area contributed by atoms with Gasteiger partial charge in [-0.05, 0) is 25.3 Å². The zero-order valence-corrected chi connectivity index (χ0v) is 14.1. The highest BCUT2D eigenvalue weighted by Crippen LogP contribution is 2.27. The summed E-state index contributed by atoms with van der Waals surface area (Å²) in [6.45, 7) is 1.96. The summed E-state index contributed by atoms with van der Waals surface area (Å²) in [4.78, 5) is 18.0. The van der Waals surface area contributed by atoms with Crippen LogP contribution in [0.25, 0.3) is 5.69 Å². The first-order valence-corrected chi connectivity index (χ1v) is 8.23. The van der Waals surface area contributed by atoms with E-state index in [1.807, 2.05) is 19.2 Å². The molecule has 0 aromatic carbocycles. The van der Waals surface area contributed by atoms with Gasteiger partial charge in [0.05, 0.1) is 23.3 Å². The van der Waals surface area contributed by atoms with Gasteiger partial charge in [-0.1, -0.05) is 11.6 Å². The minimum atomic E-state index is -0.201. The normalized spacial score (nSPS) is 12.2. The molecule has 0 radical (unpaired) electrons. The van der Waals surface area contributed by atoms with Gasteiger partial charge in [0.25, 0.3) is 0 Å². The number of nitrogens with zero attached hydrogens (tertiary/aromatic N) is 4. The lowest BCUT2D eigenvalue weighted by Gasteiger charge is -2.23. The number of rotatable bonds is 6. The van der Waals surface area contributed by atoms with E-state index in [1.165, 1.54) is 23.8 Å². The molecule has 8 heteroatoms. The summed E-state index contributed by atoms with van der Waals surface area (Å²) in [5, 5.41) is 4.27. The molecule has 0 aliphatic heterocycles. The van der Waals surface area contributed by atoms with Crippen LogP contribution in [0.15, 0.2) is 30.7 Å². The number of hydrogen-bond donors (Lipinski definition) is 0. The van der Waals surface area contributed by atoms with Crippen LogP contribution in [0.1, 0.15) is 6.92 Å². The van der Waals surface area contributed by atoms with E-state index in [2.05, 4.69) is 10.1 Å². The van der Waals surface area contributed by atoms with Crippen LogP contribution in [0.2, 0.25) is 5.15 Å². The monoisotopic (exact) mass is 340 g/mol. The second kappa shape index (κ2) is 7.62. The predicted molar refractivity (Wildman–Crippen MR) is 88.7 cm³/mol. The smallest absolute Gasteiger partial charge is 0.241 e. The number of anilines is 1. The van der Waals surface area contributed by atoms with Gasteiger partial charge in [0, 0.05) is 13.3 Å². The van der Waals surface area contributed by atoms with Crippen molar-refractivity contribution in [1.29, 1.82) is 0 Å². The van der Waals surface area contributed by atoms with Crippen molar-refractivity contribution in [2.24, 2.45) is 0 Å². The van der Waals surface area contributed by atoms with Crippen LogP contribution in [0.5, 0.6) is 0 Å². The molecule has 22 heavy (non-hydrogen) atoms. The number of ether oxygens (including phenoxy) is 1. The number of pyridine rings is 1. The Morgan fingerprint density at radius 1 is 1.59 bits per heavy atom. The minimum absolute atomic E-state index is 0.0815. The maximum atomic E-state index is 12.5. The van der Waals surface area contributed by atoms with Crippen LogP contribution in [0.3, 0.4) is 0 Å². The molecule has 2 aromatic rings. The number of thioether (sulfide) groups is 1. The molecule has 0 saturated heterocycles. The molecule has 1 amide bonds. The van der Waals surface area contributed by atoms with Crippen molar-refractivity contribution in [2.75, 3.05) is 25.0 Å². The molecule has 1 atom stereocenters. The molecule has 2 aromatic heterocycles. The number of carbonyl (C=O) groups excluding carboxylic acids is 1. The summed E-state index contributed by atoms with van der Waals surface area (Å²) in [5.74, 6) is -0.0815. The molecule has 118 valence electrons. The summed E-state index contributed by atoms with van der Waals surface area (Å²) >= 11 is 7.67. The molecule has 0 saturated carbocycles. The number of methoxy groups -OCH3 is 1. The van der Waals surface area contributed by atoms with Crippen LogP contribution in [0, 0.1) is 0 Å². The van der Waals surface area contributed by atoms with Gasteiger partial charge in [-0.25, -0.2) is 4.68 Å². The summed E-state index contributed by atoms with van der Waals surface area (Å²) in [6.07, 6.45) is 6.92. The van der Waals surface area contributed by atoms with Gasteiger partial charge in [0.1, 0.15) is 12.4 Å². The second-order valence-corrected chi connectivity index (χ2v) is 6.06. The SMILES string of the molecule is COCN(C(=O)C(C)SC)c1cn(-c2cccnc2)nc1Cl. The van der Waals surface area contributed by atoms with E-state index in [0.29, 0.717) is 5.69 Å². The molecule has 0 aliphatic carbocycles. The molecule has 2 heterocycles. The number of aromatic nitrogens is 3. The second-order valence-electron chi connectivity index (χ2n) is 4.52. The Balaban J connectivity index is 2.36. The van der Waals surface area contributed by atoms with Crippen LogP contribution < -0.4 is 4.90 Å². The topological polar surface area (TPSA) is 60.2 Å². The van der Waals surface area contributed by atoms with Crippen LogP contribution in [-0.4, -0.2) is 46.0 Å². The lowest BCUT2D eigenvalue weighted by atomic mass is 10.3. The first-order valence-electron chi connectivity index (χ1n) is 6.57. The largest absolute Gasteiger partial charge is 0.364 e. The average Bonchev–Trinajstić information content (AvgIpc) is 2.93. The molecule has 0 fully saturated rings. The maximum absolute atomic E-state index is 12.5. The van der Waals surface area contributed by atoms with Crippen molar-refractivity contribution in [3.05, 3.63) is 35.9 Å². The highest BCUT2D eigenvalue weighted by molar-refractivity contribution is 7.99. The van der Waals surface area contributed by atoms with E-state index >= 15 is 0 Å². The van der Waals surface area contributed by atoms with Crippen molar-refractivity contribution >= 4 is 35.0 Å². The first kappa shape index (κ1) is 16.8. The molecular weight excluding hydrogens is 324 g/mol. The van der Waals surface area contributed by atoms with E-state index in [9.17, 15) is 4.79 Å². The Labute approximate surface area is 138 Å². The molecule has 0 bridgehead atoms. The van der Waals surface area contributed by atoms with Gasteiger partial charge in [-0.2, -0.15) is 16.9 Å². The highest BCUT2D eigenvalue weighted by atomic mass is 35.5. The molecule has 0 N–H and O–H groups in total. The van der Waals surface area contributed by atoms with E-state index in [-0.39, 0.29) is 23.0 Å². The van der Waals surface area contributed by atoms with Crippen LogP contribution in [-0.2, 0) is 9.53 Å². The van der Waals surface area contributed by atoms with E-state index in [1.54, 1.807) is 29.3 Å². The first-order chi connectivity index (χ1) is 10.6. The van der Waals surface area contributed by atoms with Crippen LogP contribution in [0.4, 0.5) is 5.69 Å². The lowest BCUT2D eigenvalue weighted by molar-refractivity contribution is -0.118. The third-order valence-corrected chi connectivity index (χ3v) is 4.26. The van der Waals surface area contributed by atoms with Gasteiger partial charge in [0.15, 0.2) is 5.15 Å². The predicted octanol–water partition coefficient (Wildman–Crippen LogP) is 2.61. The summed E-state index contributed by atoms with van der Waals surface area (Å²) in [6, 6.07) is 3.66. The summed E-state index contributed by atoms with van der Waals surface area (Å²) < 4.78 is 6.72. The molecule has 0 spiro atoms. The fourth-order valence-corrected chi connectivity index (χ4v) is 2.41. The van der Waals surface area contributed by atoms with Crippen molar-refractivity contribution in [3.8, 4) is 5.69 Å². The van der Waals surface area contributed by atoms with Gasteiger partial charge >= 0.3 is 0 Å². The summed E-state index contributed by atoms with van der Waals surface area (Å²) in [5.41, 5.74) is 1.27. The highest BCUT2D eigenvalue weighted by Gasteiger charge is 2.25. The van der Waals surface area contributed by atoms with E-state index in [4.69, 9.17) is 16.3 Å². The Bertz CT molecular complexity index is 635. The molecule has 0 aliphatic rings. The van der Waals surface area contributed by atoms with Gasteiger partial charge in [-0.3, -0.25) is 14.7 Å². The van der Waals surface area contributed by atoms with Crippen molar-refractivity contribution in [2.45, 2.75) is 12.2 Å². The van der Waals surface area contributed by atoms with Gasteiger partial charge < -0.3 is 4.74 Å². The van der Waals surface area contributed by atoms with Crippen molar-refractivity contribution < 1.29 is 9.53 Å². The standard InChI is InChI=1S/C14H17ClN4O2S/c1-10(22-3)14(20)18(9-21-2)12-8-19(17-13(12)15)11-5-4-6-16-7-11/h4-8,10H,9H2,1-3H3. The van der Waals surface area contributed by atoms with E-state index < -0.39 is 0 Å². The Hall–Kier alpha value is -1.57. The summed E-state index contributed by atoms with van der Waals surface area (Å²) in [7, 11) is 1.53. The molecule has 1 unspecified atom stereocenters. The van der Waals surface area contributed by atoms with Crippen LogP contribution >= 0.6 is 23.4 Å². The average molecular weight is 341 g/mol. The molecule has 6 nitrogen and oxygen atoms in total. The zero-order valence-electron chi connectivity index (χ0n) is 12.6. The fraction of sp³-hybridized carbons (Fsp3) is 0.357. The molecular formula is C14H17ClN4O2S. The number of halogens is 1. The van der Waals surface area contributed by atoms with Gasteiger partial charge in [-0.15, -0.1) is 0 Å². The third kappa shape index (κ3) is 3.60. The fourth-order valence-electron chi connectivity index (χ4n) is 1.85. The van der Waals surface area contributed by atoms with Crippen molar-refractivity contribution in [3.63, 3.8) is 0 Å². The Morgan fingerprint density at radius 3 is 2.95 bits per heavy atom. The zero-order chi connectivity index (χ0) is 16.1. The number of carbonyl (C=O) groups is 1. The van der Waals surface area contributed by atoms with E-state index in [0.717, 1.165) is 5.69 Å². The Morgan fingerprint density at radius 2 is 2.36 bits per heavy atom. The molecule has 2 rings (SSSR count). The minimum Gasteiger partial charge on any atom is -0.364 e. The van der Waals surface area contributed by atoms with Gasteiger partial charge in [0.2, 0.25) is 5.91 Å². The quantitative estimate of drug-likeness (QED) is 0.756. The number of amides is 1. The third-order valence-electron chi connectivity index (χ3n) is 3.08. The maximum Gasteiger partial charge on any atom is 0.241 e. The lowest BCUT2D eigenvalue weighted by Crippen LogP contribution is -2.38. The Kier molecular flexibility index (Phi) is 5.82.